The Morgan fingerprint density at radius 1 is 0.812 bits per heavy atom. The smallest absolute Gasteiger partial charge is 0.140 e. The quantitative estimate of drug-likeness (QED) is 0.653. The molecule has 0 amide bonds. The highest BCUT2D eigenvalue weighted by Gasteiger charge is 2.04. The fraction of sp³-hybridized carbons (Fsp3) is 0. The summed E-state index contributed by atoms with van der Waals surface area (Å²) in [7, 11) is 0. The highest BCUT2D eigenvalue weighted by atomic mass is 16.3. The maximum Gasteiger partial charge on any atom is 0.140 e. The van der Waals surface area contributed by atoms with Crippen LogP contribution in [-0.4, -0.2) is 9.67 Å². The van der Waals surface area contributed by atoms with Crippen molar-refractivity contribution in [3.05, 3.63) is 60.9 Å². The van der Waals surface area contributed by atoms with Crippen LogP contribution in [0.2, 0.25) is 0 Å². The molecule has 0 fully saturated rings. The number of hydrogen-bond donors (Lipinski definition) is 1. The van der Waals surface area contributed by atoms with Crippen LogP contribution in [0.15, 0.2) is 60.9 Å². The minimum atomic E-state index is 0.301. The number of fused-ring (bicyclic) bond motifs is 1. The molecule has 0 aliphatic rings. The molecule has 0 bridgehead atoms. The van der Waals surface area contributed by atoms with Crippen LogP contribution in [0.3, 0.4) is 0 Å². The van der Waals surface area contributed by atoms with Crippen LogP contribution >= 0.6 is 0 Å². The van der Waals surface area contributed by atoms with Crippen LogP contribution < -0.4 is 0 Å². The summed E-state index contributed by atoms with van der Waals surface area (Å²) in [6.07, 6.45) is 3.84. The van der Waals surface area contributed by atoms with E-state index in [1.54, 1.807) is 6.07 Å². The zero-order chi connectivity index (χ0) is 11.0. The molecule has 16 heavy (non-hydrogen) atoms. The lowest BCUT2D eigenvalue weighted by atomic mass is 10.1. The highest BCUT2D eigenvalue weighted by Crippen LogP contribution is 2.27. The van der Waals surface area contributed by atoms with E-state index in [-0.39, 0.29) is 0 Å². The molecule has 0 saturated heterocycles. The van der Waals surface area contributed by atoms with E-state index in [2.05, 4.69) is 0 Å². The van der Waals surface area contributed by atoms with Crippen molar-refractivity contribution >= 4 is 10.8 Å². The second-order valence-electron chi connectivity index (χ2n) is 3.78. The van der Waals surface area contributed by atoms with Gasteiger partial charge in [0.2, 0.25) is 0 Å². The summed E-state index contributed by atoms with van der Waals surface area (Å²) in [5, 5.41) is 12.1. The first kappa shape index (κ1) is 9.04. The van der Waals surface area contributed by atoms with Gasteiger partial charge in [0.15, 0.2) is 0 Å². The van der Waals surface area contributed by atoms with Gasteiger partial charge in [-0.05, 0) is 35.0 Å². The number of benzene rings is 2. The van der Waals surface area contributed by atoms with Crippen LogP contribution in [0.1, 0.15) is 0 Å². The van der Waals surface area contributed by atoms with Crippen molar-refractivity contribution in [3.63, 3.8) is 0 Å². The van der Waals surface area contributed by atoms with Gasteiger partial charge in [-0.2, -0.15) is 0 Å². The van der Waals surface area contributed by atoms with Crippen molar-refractivity contribution in [1.29, 1.82) is 0 Å². The summed E-state index contributed by atoms with van der Waals surface area (Å²) in [6.45, 7) is 0. The van der Waals surface area contributed by atoms with Gasteiger partial charge in [0, 0.05) is 12.4 Å². The Morgan fingerprint density at radius 3 is 2.12 bits per heavy atom. The van der Waals surface area contributed by atoms with E-state index in [9.17, 15) is 5.11 Å². The van der Waals surface area contributed by atoms with Crippen molar-refractivity contribution in [2.75, 3.05) is 0 Å². The number of phenolic OH excluding ortho intramolecular Hbond substituents is 1. The first-order chi connectivity index (χ1) is 7.84. The summed E-state index contributed by atoms with van der Waals surface area (Å²) in [5.74, 6) is 0.301. The predicted molar refractivity (Wildman–Crippen MR) is 64.9 cm³/mol. The lowest BCUT2D eigenvalue weighted by molar-refractivity contribution is 0.473. The topological polar surface area (TPSA) is 25.2 Å². The lowest BCUT2D eigenvalue weighted by Gasteiger charge is -2.07. The molecule has 0 atom stereocenters. The Hall–Kier alpha value is -2.22. The van der Waals surface area contributed by atoms with Gasteiger partial charge in [0.05, 0.1) is 5.69 Å². The molecule has 2 aromatic carbocycles. The monoisotopic (exact) mass is 209 g/mol. The average Bonchev–Trinajstić information content (AvgIpc) is 2.81. The molecule has 1 heterocycles. The molecule has 0 saturated carbocycles. The molecular formula is C14H11NO. The molecule has 2 heteroatoms. The summed E-state index contributed by atoms with van der Waals surface area (Å²) in [4.78, 5) is 0. The minimum Gasteiger partial charge on any atom is -0.506 e. The van der Waals surface area contributed by atoms with Crippen LogP contribution in [0.4, 0.5) is 0 Å². The van der Waals surface area contributed by atoms with Crippen LogP contribution in [0.25, 0.3) is 16.5 Å². The number of phenols is 1. The minimum absolute atomic E-state index is 0.301. The molecule has 0 aliphatic heterocycles. The Bertz CT molecular complexity index is 626. The van der Waals surface area contributed by atoms with Gasteiger partial charge in [-0.1, -0.05) is 24.3 Å². The van der Waals surface area contributed by atoms with Crippen molar-refractivity contribution in [2.45, 2.75) is 0 Å². The molecule has 3 rings (SSSR count). The van der Waals surface area contributed by atoms with Gasteiger partial charge in [-0.3, -0.25) is 0 Å². The number of hydrogen-bond acceptors (Lipinski definition) is 1. The van der Waals surface area contributed by atoms with Gasteiger partial charge >= 0.3 is 0 Å². The maximum absolute atomic E-state index is 9.96. The van der Waals surface area contributed by atoms with E-state index in [1.807, 2.05) is 59.4 Å². The van der Waals surface area contributed by atoms with E-state index in [0.717, 1.165) is 16.5 Å². The first-order valence-electron chi connectivity index (χ1n) is 5.20. The van der Waals surface area contributed by atoms with E-state index in [1.165, 1.54) is 0 Å². The van der Waals surface area contributed by atoms with Gasteiger partial charge in [0.1, 0.15) is 5.75 Å². The predicted octanol–water partition coefficient (Wildman–Crippen LogP) is 3.34. The van der Waals surface area contributed by atoms with Crippen LogP contribution in [0, 0.1) is 0 Å². The second-order valence-corrected chi connectivity index (χ2v) is 3.78. The molecule has 1 aromatic heterocycles. The average molecular weight is 209 g/mol. The normalized spacial score (nSPS) is 10.8. The van der Waals surface area contributed by atoms with Crippen molar-refractivity contribution < 1.29 is 5.11 Å². The maximum atomic E-state index is 9.96. The number of nitrogens with zero attached hydrogens (tertiary/aromatic N) is 1. The largest absolute Gasteiger partial charge is 0.506 e. The Kier molecular flexibility index (Phi) is 1.93. The molecule has 3 aromatic rings. The standard InChI is InChI=1S/C14H11NO/c16-14-10-12-6-2-1-5-11(12)9-13(14)15-7-3-4-8-15/h1-10,16H. The zero-order valence-electron chi connectivity index (χ0n) is 8.67. The van der Waals surface area contributed by atoms with Crippen LogP contribution in [0.5, 0.6) is 5.75 Å². The van der Waals surface area contributed by atoms with E-state index >= 15 is 0 Å². The summed E-state index contributed by atoms with van der Waals surface area (Å²) in [5.41, 5.74) is 0.809. The van der Waals surface area contributed by atoms with Gasteiger partial charge in [-0.25, -0.2) is 0 Å². The number of aromatic nitrogens is 1. The first-order valence-corrected chi connectivity index (χ1v) is 5.20. The van der Waals surface area contributed by atoms with Gasteiger partial charge in [0.25, 0.3) is 0 Å². The molecule has 1 N–H and O–H groups in total. The number of aromatic hydroxyl groups is 1. The van der Waals surface area contributed by atoms with E-state index < -0.39 is 0 Å². The fourth-order valence-electron chi connectivity index (χ4n) is 1.92. The zero-order valence-corrected chi connectivity index (χ0v) is 8.67. The van der Waals surface area contributed by atoms with Gasteiger partial charge < -0.3 is 9.67 Å². The third-order valence-corrected chi connectivity index (χ3v) is 2.73. The SMILES string of the molecule is Oc1cc2ccccc2cc1-n1cccc1. The third-order valence-electron chi connectivity index (χ3n) is 2.73. The molecule has 0 radical (unpaired) electrons. The molecule has 0 aliphatic carbocycles. The second kappa shape index (κ2) is 3.42. The number of rotatable bonds is 1. The summed E-state index contributed by atoms with van der Waals surface area (Å²) < 4.78 is 1.90. The molecular weight excluding hydrogens is 198 g/mol. The Labute approximate surface area is 93.4 Å². The van der Waals surface area contributed by atoms with Crippen molar-refractivity contribution in [1.82, 2.24) is 4.57 Å². The molecule has 0 unspecified atom stereocenters. The molecule has 0 spiro atoms. The molecule has 78 valence electrons. The summed E-state index contributed by atoms with van der Waals surface area (Å²) in [6, 6.07) is 15.7. The lowest BCUT2D eigenvalue weighted by Crippen LogP contribution is -1.90. The summed E-state index contributed by atoms with van der Waals surface area (Å²) >= 11 is 0. The highest BCUT2D eigenvalue weighted by molar-refractivity contribution is 5.86. The van der Waals surface area contributed by atoms with Crippen molar-refractivity contribution in [3.8, 4) is 11.4 Å². The third kappa shape index (κ3) is 1.36. The fourth-order valence-corrected chi connectivity index (χ4v) is 1.92. The Morgan fingerprint density at radius 2 is 1.44 bits per heavy atom. The van der Waals surface area contributed by atoms with Crippen molar-refractivity contribution in [2.24, 2.45) is 0 Å². The van der Waals surface area contributed by atoms with E-state index in [0.29, 0.717) is 5.75 Å². The Balaban J connectivity index is 2.30. The molecule has 2 nitrogen and oxygen atoms in total. The van der Waals surface area contributed by atoms with Crippen LogP contribution in [-0.2, 0) is 0 Å². The van der Waals surface area contributed by atoms with E-state index in [4.69, 9.17) is 0 Å². The van der Waals surface area contributed by atoms with Gasteiger partial charge in [-0.15, -0.1) is 0 Å².